The second-order valence-electron chi connectivity index (χ2n) is 5.94. The molecule has 0 saturated carbocycles. The van der Waals surface area contributed by atoms with E-state index in [2.05, 4.69) is 18.3 Å². The van der Waals surface area contributed by atoms with Crippen LogP contribution >= 0.6 is 0 Å². The Morgan fingerprint density at radius 3 is 2.71 bits per heavy atom. The minimum Gasteiger partial charge on any atom is -0.497 e. The van der Waals surface area contributed by atoms with Gasteiger partial charge in [-0.1, -0.05) is 13.8 Å². The number of rotatable bonds is 7. The monoisotopic (exact) mass is 293 g/mol. The van der Waals surface area contributed by atoms with Crippen molar-refractivity contribution in [1.29, 1.82) is 0 Å². The Kier molecular flexibility index (Phi) is 5.12. The molecule has 1 aliphatic rings. The van der Waals surface area contributed by atoms with Gasteiger partial charge in [0.1, 0.15) is 17.6 Å². The Bertz CT molecular complexity index is 483. The van der Waals surface area contributed by atoms with Crippen LogP contribution in [-0.4, -0.2) is 30.5 Å². The second kappa shape index (κ2) is 6.67. The van der Waals surface area contributed by atoms with E-state index in [-0.39, 0.29) is 6.10 Å². The molecule has 1 aromatic carbocycles. The zero-order valence-corrected chi connectivity index (χ0v) is 13.5. The van der Waals surface area contributed by atoms with E-state index in [1.165, 1.54) is 5.56 Å². The molecule has 0 radical (unpaired) electrons. The lowest BCUT2D eigenvalue weighted by atomic mass is 9.97. The average Bonchev–Trinajstić information content (AvgIpc) is 2.87. The Hall–Kier alpha value is -1.26. The maximum atomic E-state index is 10.3. The summed E-state index contributed by atoms with van der Waals surface area (Å²) in [6.07, 6.45) is 2.64. The number of aliphatic hydroxyl groups is 1. The van der Waals surface area contributed by atoms with Crippen LogP contribution in [0.15, 0.2) is 12.1 Å². The van der Waals surface area contributed by atoms with Crippen molar-refractivity contribution < 1.29 is 14.6 Å². The van der Waals surface area contributed by atoms with Crippen molar-refractivity contribution >= 4 is 0 Å². The topological polar surface area (TPSA) is 50.7 Å². The zero-order chi connectivity index (χ0) is 15.5. The van der Waals surface area contributed by atoms with Crippen LogP contribution in [0.2, 0.25) is 0 Å². The van der Waals surface area contributed by atoms with Gasteiger partial charge in [-0.2, -0.15) is 0 Å². The highest BCUT2D eigenvalue weighted by atomic mass is 16.5. The third-order valence-corrected chi connectivity index (χ3v) is 4.36. The molecule has 0 saturated heterocycles. The van der Waals surface area contributed by atoms with Gasteiger partial charge >= 0.3 is 0 Å². The van der Waals surface area contributed by atoms with Crippen molar-refractivity contribution in [3.05, 3.63) is 23.3 Å². The molecule has 0 aromatic heterocycles. The van der Waals surface area contributed by atoms with Crippen LogP contribution in [0.4, 0.5) is 0 Å². The maximum absolute atomic E-state index is 10.3. The van der Waals surface area contributed by atoms with Crippen LogP contribution < -0.4 is 14.8 Å². The van der Waals surface area contributed by atoms with Crippen molar-refractivity contribution in [1.82, 2.24) is 5.32 Å². The minimum atomic E-state index is -0.629. The van der Waals surface area contributed by atoms with E-state index in [0.717, 1.165) is 36.3 Å². The van der Waals surface area contributed by atoms with Gasteiger partial charge in [0, 0.05) is 30.6 Å². The lowest BCUT2D eigenvalue weighted by Gasteiger charge is -2.25. The second-order valence-corrected chi connectivity index (χ2v) is 5.94. The molecular formula is C17H27NO3. The van der Waals surface area contributed by atoms with Crippen LogP contribution in [0, 0.1) is 0 Å². The molecule has 2 N–H and O–H groups in total. The van der Waals surface area contributed by atoms with Crippen LogP contribution in [0.5, 0.6) is 11.5 Å². The summed E-state index contributed by atoms with van der Waals surface area (Å²) in [4.78, 5) is 0. The molecule has 1 unspecified atom stereocenters. The van der Waals surface area contributed by atoms with E-state index >= 15 is 0 Å². The smallest absolute Gasteiger partial charge is 0.127 e. The molecule has 0 spiro atoms. The fourth-order valence-electron chi connectivity index (χ4n) is 2.76. The first-order valence-corrected chi connectivity index (χ1v) is 7.81. The van der Waals surface area contributed by atoms with E-state index < -0.39 is 5.60 Å². The van der Waals surface area contributed by atoms with Crippen molar-refractivity contribution in [2.75, 3.05) is 13.7 Å². The predicted molar refractivity (Wildman–Crippen MR) is 84.0 cm³/mol. The number of hydrogen-bond donors (Lipinski definition) is 2. The molecular weight excluding hydrogens is 266 g/mol. The van der Waals surface area contributed by atoms with Crippen molar-refractivity contribution in [3.8, 4) is 11.5 Å². The van der Waals surface area contributed by atoms with Crippen LogP contribution in [0.25, 0.3) is 0 Å². The molecule has 1 atom stereocenters. The lowest BCUT2D eigenvalue weighted by Crippen LogP contribution is -2.39. The summed E-state index contributed by atoms with van der Waals surface area (Å²) >= 11 is 0. The highest BCUT2D eigenvalue weighted by Gasteiger charge is 2.25. The van der Waals surface area contributed by atoms with Crippen LogP contribution in [0.1, 0.15) is 44.7 Å². The minimum absolute atomic E-state index is 0.217. The Labute approximate surface area is 127 Å². The number of nitrogens with one attached hydrogen (secondary N) is 1. The van der Waals surface area contributed by atoms with Gasteiger partial charge in [0.2, 0.25) is 0 Å². The molecule has 4 heteroatoms. The highest BCUT2D eigenvalue weighted by Crippen LogP contribution is 2.36. The van der Waals surface area contributed by atoms with Gasteiger partial charge < -0.3 is 19.9 Å². The van der Waals surface area contributed by atoms with Crippen molar-refractivity contribution in [3.63, 3.8) is 0 Å². The molecule has 1 heterocycles. The summed E-state index contributed by atoms with van der Waals surface area (Å²) in [6, 6.07) is 4.07. The SMILES string of the molecule is CCC(O)(CC)CNCc1cc(OC)cc2c1OC(C)C2. The van der Waals surface area contributed by atoms with Crippen molar-refractivity contribution in [2.45, 2.75) is 58.3 Å². The first kappa shape index (κ1) is 16.1. The van der Waals surface area contributed by atoms with E-state index in [9.17, 15) is 5.11 Å². The van der Waals surface area contributed by atoms with E-state index in [0.29, 0.717) is 13.1 Å². The molecule has 1 aliphatic heterocycles. The lowest BCUT2D eigenvalue weighted by molar-refractivity contribution is 0.0322. The summed E-state index contributed by atoms with van der Waals surface area (Å²) in [6.45, 7) is 7.37. The maximum Gasteiger partial charge on any atom is 0.127 e. The van der Waals surface area contributed by atoms with Crippen LogP contribution in [0.3, 0.4) is 0 Å². The third-order valence-electron chi connectivity index (χ3n) is 4.36. The quantitative estimate of drug-likeness (QED) is 0.811. The molecule has 21 heavy (non-hydrogen) atoms. The van der Waals surface area contributed by atoms with Gasteiger partial charge in [-0.3, -0.25) is 0 Å². The Morgan fingerprint density at radius 1 is 1.38 bits per heavy atom. The standard InChI is InChI=1S/C17H27NO3/c1-5-17(19,6-2)11-18-10-14-9-15(20-4)8-13-7-12(3)21-16(13)14/h8-9,12,18-19H,5-7,10-11H2,1-4H3. The average molecular weight is 293 g/mol. The normalized spacial score (nSPS) is 17.5. The summed E-state index contributed by atoms with van der Waals surface area (Å²) in [5.74, 6) is 1.84. The Balaban J connectivity index is 2.08. The van der Waals surface area contributed by atoms with E-state index in [4.69, 9.17) is 9.47 Å². The summed E-state index contributed by atoms with van der Waals surface area (Å²) in [5.41, 5.74) is 1.68. The zero-order valence-electron chi connectivity index (χ0n) is 13.5. The largest absolute Gasteiger partial charge is 0.497 e. The van der Waals surface area contributed by atoms with Gasteiger partial charge in [0.15, 0.2) is 0 Å². The Morgan fingerprint density at radius 2 is 2.10 bits per heavy atom. The molecule has 0 aliphatic carbocycles. The van der Waals surface area contributed by atoms with Gasteiger partial charge in [-0.15, -0.1) is 0 Å². The van der Waals surface area contributed by atoms with Gasteiger partial charge in [-0.05, 0) is 31.9 Å². The molecule has 1 aromatic rings. The number of methoxy groups -OCH3 is 1. The molecule has 2 rings (SSSR count). The number of ether oxygens (including phenoxy) is 2. The summed E-state index contributed by atoms with van der Waals surface area (Å²) in [7, 11) is 1.69. The third kappa shape index (κ3) is 3.69. The molecule has 4 nitrogen and oxygen atoms in total. The summed E-state index contributed by atoms with van der Waals surface area (Å²) < 4.78 is 11.3. The van der Waals surface area contributed by atoms with Crippen LogP contribution in [-0.2, 0) is 13.0 Å². The number of fused-ring (bicyclic) bond motifs is 1. The molecule has 118 valence electrons. The summed E-state index contributed by atoms with van der Waals surface area (Å²) in [5, 5.41) is 13.7. The number of benzene rings is 1. The first-order chi connectivity index (χ1) is 10.0. The van der Waals surface area contributed by atoms with E-state index in [1.54, 1.807) is 7.11 Å². The fraction of sp³-hybridized carbons (Fsp3) is 0.647. The van der Waals surface area contributed by atoms with Gasteiger partial charge in [0.05, 0.1) is 12.7 Å². The van der Waals surface area contributed by atoms with Gasteiger partial charge in [-0.25, -0.2) is 0 Å². The number of hydrogen-bond acceptors (Lipinski definition) is 4. The highest BCUT2D eigenvalue weighted by molar-refractivity contribution is 5.49. The van der Waals surface area contributed by atoms with Gasteiger partial charge in [0.25, 0.3) is 0 Å². The van der Waals surface area contributed by atoms with Crippen molar-refractivity contribution in [2.24, 2.45) is 0 Å². The molecule has 0 amide bonds. The molecule has 0 bridgehead atoms. The first-order valence-electron chi connectivity index (χ1n) is 7.81. The molecule has 0 fully saturated rings. The predicted octanol–water partition coefficient (Wildman–Crippen LogP) is 2.66. The fourth-order valence-corrected chi connectivity index (χ4v) is 2.76. The van der Waals surface area contributed by atoms with E-state index in [1.807, 2.05) is 19.9 Å².